The Balaban J connectivity index is 2.42. The molecule has 1 aliphatic heterocycles. The van der Waals surface area contributed by atoms with Crippen LogP contribution in [0, 0.1) is 5.41 Å². The lowest BCUT2D eigenvalue weighted by Gasteiger charge is -2.30. The van der Waals surface area contributed by atoms with Gasteiger partial charge in [0, 0.05) is 13.0 Å². The van der Waals surface area contributed by atoms with Gasteiger partial charge in [-0.2, -0.15) is 0 Å². The van der Waals surface area contributed by atoms with Gasteiger partial charge in [0.15, 0.2) is 0 Å². The molecule has 72 valence electrons. The monoisotopic (exact) mass is 306 g/mol. The molecule has 0 saturated carbocycles. The van der Waals surface area contributed by atoms with Gasteiger partial charge in [-0.05, 0) is 43.7 Å². The molecule has 0 N–H and O–H groups in total. The second kappa shape index (κ2) is 3.09. The SMILES string of the molecule is CC1(C)CCn2c(nc(Br)c2Br)C1. The Kier molecular flexibility index (Phi) is 2.31. The quantitative estimate of drug-likeness (QED) is 0.718. The van der Waals surface area contributed by atoms with Crippen LogP contribution in [0.4, 0.5) is 0 Å². The van der Waals surface area contributed by atoms with Gasteiger partial charge in [0.2, 0.25) is 0 Å². The van der Waals surface area contributed by atoms with Gasteiger partial charge in [0.25, 0.3) is 0 Å². The highest BCUT2D eigenvalue weighted by molar-refractivity contribution is 9.13. The maximum absolute atomic E-state index is 4.48. The predicted molar refractivity (Wildman–Crippen MR) is 59.7 cm³/mol. The molecule has 0 saturated heterocycles. The number of imidazole rings is 1. The molecule has 1 aromatic rings. The van der Waals surface area contributed by atoms with Crippen molar-refractivity contribution in [2.45, 2.75) is 33.2 Å². The summed E-state index contributed by atoms with van der Waals surface area (Å²) >= 11 is 6.96. The van der Waals surface area contributed by atoms with Crippen LogP contribution in [0.25, 0.3) is 0 Å². The second-order valence-corrected chi connectivity index (χ2v) is 5.85. The van der Waals surface area contributed by atoms with Gasteiger partial charge in [-0.1, -0.05) is 13.8 Å². The van der Waals surface area contributed by atoms with Crippen LogP contribution in [-0.4, -0.2) is 9.55 Å². The molecule has 2 nitrogen and oxygen atoms in total. The van der Waals surface area contributed by atoms with Crippen LogP contribution < -0.4 is 0 Å². The summed E-state index contributed by atoms with van der Waals surface area (Å²) < 4.78 is 4.26. The van der Waals surface area contributed by atoms with Crippen molar-refractivity contribution < 1.29 is 0 Å². The highest BCUT2D eigenvalue weighted by Gasteiger charge is 2.28. The van der Waals surface area contributed by atoms with Crippen molar-refractivity contribution in [2.24, 2.45) is 5.41 Å². The third-order valence-electron chi connectivity index (χ3n) is 2.59. The average molecular weight is 308 g/mol. The van der Waals surface area contributed by atoms with Gasteiger partial charge >= 0.3 is 0 Å². The van der Waals surface area contributed by atoms with E-state index in [1.807, 2.05) is 0 Å². The fourth-order valence-electron chi connectivity index (χ4n) is 1.74. The van der Waals surface area contributed by atoms with E-state index in [-0.39, 0.29) is 0 Å². The number of hydrogen-bond acceptors (Lipinski definition) is 1. The zero-order valence-electron chi connectivity index (χ0n) is 7.77. The molecule has 0 unspecified atom stereocenters. The van der Waals surface area contributed by atoms with E-state index in [4.69, 9.17) is 0 Å². The molecule has 0 spiro atoms. The Morgan fingerprint density at radius 2 is 2.08 bits per heavy atom. The highest BCUT2D eigenvalue weighted by Crippen LogP contribution is 2.35. The Morgan fingerprint density at radius 3 is 2.77 bits per heavy atom. The molecule has 1 aliphatic rings. The summed E-state index contributed by atoms with van der Waals surface area (Å²) in [7, 11) is 0. The van der Waals surface area contributed by atoms with Crippen molar-refractivity contribution in [3.8, 4) is 0 Å². The minimum Gasteiger partial charge on any atom is -0.322 e. The topological polar surface area (TPSA) is 17.8 Å². The molecule has 0 aliphatic carbocycles. The third-order valence-corrected chi connectivity index (χ3v) is 4.48. The Morgan fingerprint density at radius 1 is 1.38 bits per heavy atom. The smallest absolute Gasteiger partial charge is 0.139 e. The van der Waals surface area contributed by atoms with Gasteiger partial charge < -0.3 is 4.57 Å². The summed E-state index contributed by atoms with van der Waals surface area (Å²) in [6.07, 6.45) is 2.29. The normalized spacial score (nSPS) is 20.0. The van der Waals surface area contributed by atoms with Crippen molar-refractivity contribution in [1.29, 1.82) is 0 Å². The van der Waals surface area contributed by atoms with E-state index < -0.39 is 0 Å². The van der Waals surface area contributed by atoms with E-state index in [0.29, 0.717) is 5.41 Å². The first-order chi connectivity index (χ1) is 5.99. The number of hydrogen-bond donors (Lipinski definition) is 0. The number of fused-ring (bicyclic) bond motifs is 1. The van der Waals surface area contributed by atoms with Gasteiger partial charge in [0.05, 0.1) is 0 Å². The fraction of sp³-hybridized carbons (Fsp3) is 0.667. The zero-order valence-corrected chi connectivity index (χ0v) is 10.9. The molecule has 0 radical (unpaired) electrons. The van der Waals surface area contributed by atoms with Gasteiger partial charge in [-0.15, -0.1) is 0 Å². The van der Waals surface area contributed by atoms with Crippen molar-refractivity contribution >= 4 is 31.9 Å². The van der Waals surface area contributed by atoms with E-state index in [2.05, 4.69) is 55.3 Å². The molecule has 2 rings (SSSR count). The molecule has 0 atom stereocenters. The maximum Gasteiger partial charge on any atom is 0.139 e. The molecule has 0 aromatic carbocycles. The predicted octanol–water partition coefficient (Wildman–Crippen LogP) is 3.38. The van der Waals surface area contributed by atoms with Crippen molar-refractivity contribution in [1.82, 2.24) is 9.55 Å². The first-order valence-corrected chi connectivity index (χ1v) is 5.99. The van der Waals surface area contributed by atoms with Gasteiger partial charge in [-0.25, -0.2) is 4.98 Å². The molecule has 13 heavy (non-hydrogen) atoms. The first kappa shape index (κ1) is 9.71. The van der Waals surface area contributed by atoms with Crippen LogP contribution in [0.2, 0.25) is 0 Å². The van der Waals surface area contributed by atoms with Crippen molar-refractivity contribution in [3.05, 3.63) is 15.0 Å². The summed E-state index contributed by atoms with van der Waals surface area (Å²) in [6.45, 7) is 5.67. The summed E-state index contributed by atoms with van der Waals surface area (Å²) in [5, 5.41) is 0. The lowest BCUT2D eigenvalue weighted by molar-refractivity contribution is 0.265. The Bertz CT molecular complexity index is 342. The van der Waals surface area contributed by atoms with E-state index >= 15 is 0 Å². The maximum atomic E-state index is 4.48. The van der Waals surface area contributed by atoms with Gasteiger partial charge in [-0.3, -0.25) is 0 Å². The Hall–Kier alpha value is 0.170. The molecule has 0 amide bonds. The number of aromatic nitrogens is 2. The van der Waals surface area contributed by atoms with Crippen LogP contribution in [0.15, 0.2) is 9.21 Å². The first-order valence-electron chi connectivity index (χ1n) is 4.40. The lowest BCUT2D eigenvalue weighted by Crippen LogP contribution is -2.26. The van der Waals surface area contributed by atoms with Crippen molar-refractivity contribution in [2.75, 3.05) is 0 Å². The summed E-state index contributed by atoms with van der Waals surface area (Å²) in [5.41, 5.74) is 0.403. The average Bonchev–Trinajstić information content (AvgIpc) is 2.25. The third kappa shape index (κ3) is 1.71. The summed E-state index contributed by atoms with van der Waals surface area (Å²) in [4.78, 5) is 4.48. The summed E-state index contributed by atoms with van der Waals surface area (Å²) in [6, 6.07) is 0. The number of halogens is 2. The molecule has 0 fully saturated rings. The van der Waals surface area contributed by atoms with Gasteiger partial charge in [0.1, 0.15) is 15.0 Å². The number of nitrogens with zero attached hydrogens (tertiary/aromatic N) is 2. The van der Waals surface area contributed by atoms with Crippen LogP contribution in [0.5, 0.6) is 0 Å². The fourth-order valence-corrected chi connectivity index (χ4v) is 2.63. The van der Waals surface area contributed by atoms with E-state index in [0.717, 1.165) is 22.2 Å². The minimum absolute atomic E-state index is 0.403. The van der Waals surface area contributed by atoms with Crippen LogP contribution in [0.1, 0.15) is 26.1 Å². The summed E-state index contributed by atoms with van der Waals surface area (Å²) in [5.74, 6) is 1.19. The second-order valence-electron chi connectivity index (χ2n) is 4.35. The van der Waals surface area contributed by atoms with E-state index in [1.54, 1.807) is 0 Å². The van der Waals surface area contributed by atoms with Crippen LogP contribution in [-0.2, 0) is 13.0 Å². The molecular weight excluding hydrogens is 296 g/mol. The molecular formula is C9H12Br2N2. The lowest BCUT2D eigenvalue weighted by atomic mass is 9.83. The van der Waals surface area contributed by atoms with E-state index in [1.165, 1.54) is 12.2 Å². The van der Waals surface area contributed by atoms with Crippen molar-refractivity contribution in [3.63, 3.8) is 0 Å². The number of rotatable bonds is 0. The largest absolute Gasteiger partial charge is 0.322 e. The van der Waals surface area contributed by atoms with Crippen LogP contribution >= 0.6 is 31.9 Å². The molecule has 1 aromatic heterocycles. The van der Waals surface area contributed by atoms with E-state index in [9.17, 15) is 0 Å². The minimum atomic E-state index is 0.403. The zero-order chi connectivity index (χ0) is 9.64. The van der Waals surface area contributed by atoms with Crippen LogP contribution in [0.3, 0.4) is 0 Å². The molecule has 0 bridgehead atoms. The Labute approximate surface area is 95.0 Å². The molecule has 2 heterocycles. The highest BCUT2D eigenvalue weighted by atomic mass is 79.9. The molecule has 4 heteroatoms. The standard InChI is InChI=1S/C9H12Br2N2/c1-9(2)3-4-13-6(5-9)12-7(10)8(13)11/h3-5H2,1-2H3.